The number of morpholine rings is 1. The molecule has 1 amide bonds. The molecule has 0 unspecified atom stereocenters. The first-order valence-electron chi connectivity index (χ1n) is 7.72. The highest BCUT2D eigenvalue weighted by Gasteiger charge is 2.10. The van der Waals surface area contributed by atoms with Gasteiger partial charge in [-0.25, -0.2) is 0 Å². The molecule has 126 valence electrons. The van der Waals surface area contributed by atoms with E-state index in [1.54, 1.807) is 31.4 Å². The van der Waals surface area contributed by atoms with Gasteiger partial charge in [0, 0.05) is 25.2 Å². The number of methoxy groups -OCH3 is 1. The molecule has 1 aromatic carbocycles. The van der Waals surface area contributed by atoms with E-state index in [-0.39, 0.29) is 5.91 Å². The average Bonchev–Trinajstić information content (AvgIpc) is 2.59. The Morgan fingerprint density at radius 2 is 2.17 bits per heavy atom. The maximum atomic E-state index is 12.1. The van der Waals surface area contributed by atoms with Crippen molar-refractivity contribution in [1.82, 2.24) is 15.5 Å². The molecule has 0 atom stereocenters. The van der Waals surface area contributed by atoms with Gasteiger partial charge in [-0.1, -0.05) is 6.07 Å². The second-order valence-corrected chi connectivity index (χ2v) is 5.66. The van der Waals surface area contributed by atoms with Crippen molar-refractivity contribution in [2.24, 2.45) is 0 Å². The van der Waals surface area contributed by atoms with Gasteiger partial charge in [0.2, 0.25) is 0 Å². The molecule has 0 aromatic heterocycles. The van der Waals surface area contributed by atoms with Gasteiger partial charge in [0.05, 0.1) is 20.3 Å². The SMILES string of the molecule is COc1cccc(C(=O)NC(=S)NCCCN2CCOCC2)c1. The van der Waals surface area contributed by atoms with Crippen LogP contribution in [0, 0.1) is 0 Å². The second-order valence-electron chi connectivity index (χ2n) is 5.25. The normalized spacial score (nSPS) is 15.0. The van der Waals surface area contributed by atoms with Gasteiger partial charge >= 0.3 is 0 Å². The zero-order valence-corrected chi connectivity index (χ0v) is 14.2. The smallest absolute Gasteiger partial charge is 0.257 e. The minimum Gasteiger partial charge on any atom is -0.497 e. The van der Waals surface area contributed by atoms with Crippen LogP contribution in [0.3, 0.4) is 0 Å². The zero-order chi connectivity index (χ0) is 16.5. The molecule has 0 spiro atoms. The number of nitrogens with one attached hydrogen (secondary N) is 2. The Bertz CT molecular complexity index is 533. The van der Waals surface area contributed by atoms with E-state index in [9.17, 15) is 4.79 Å². The fraction of sp³-hybridized carbons (Fsp3) is 0.500. The highest BCUT2D eigenvalue weighted by molar-refractivity contribution is 7.80. The molecule has 2 rings (SSSR count). The molecule has 0 radical (unpaired) electrons. The number of thiocarbonyl (C=S) groups is 1. The summed E-state index contributed by atoms with van der Waals surface area (Å²) >= 11 is 5.15. The van der Waals surface area contributed by atoms with Crippen LogP contribution < -0.4 is 15.4 Å². The lowest BCUT2D eigenvalue weighted by molar-refractivity contribution is 0.0376. The molecule has 1 aliphatic heterocycles. The number of hydrogen-bond donors (Lipinski definition) is 2. The molecule has 1 heterocycles. The van der Waals surface area contributed by atoms with Crippen molar-refractivity contribution in [2.45, 2.75) is 6.42 Å². The number of amides is 1. The van der Waals surface area contributed by atoms with Gasteiger partial charge in [-0.15, -0.1) is 0 Å². The molecule has 0 saturated carbocycles. The lowest BCUT2D eigenvalue weighted by atomic mass is 10.2. The Hall–Kier alpha value is -1.70. The van der Waals surface area contributed by atoms with Crippen LogP contribution in [0.15, 0.2) is 24.3 Å². The molecule has 1 saturated heterocycles. The van der Waals surface area contributed by atoms with Crippen molar-refractivity contribution in [3.63, 3.8) is 0 Å². The first-order valence-corrected chi connectivity index (χ1v) is 8.13. The fourth-order valence-corrected chi connectivity index (χ4v) is 2.51. The van der Waals surface area contributed by atoms with Crippen molar-refractivity contribution < 1.29 is 14.3 Å². The summed E-state index contributed by atoms with van der Waals surface area (Å²) < 4.78 is 10.4. The largest absolute Gasteiger partial charge is 0.497 e. The van der Waals surface area contributed by atoms with Gasteiger partial charge in [-0.3, -0.25) is 15.0 Å². The van der Waals surface area contributed by atoms with Crippen molar-refractivity contribution in [3.05, 3.63) is 29.8 Å². The van der Waals surface area contributed by atoms with Gasteiger partial charge in [0.15, 0.2) is 5.11 Å². The van der Waals surface area contributed by atoms with E-state index in [4.69, 9.17) is 21.7 Å². The summed E-state index contributed by atoms with van der Waals surface area (Å²) in [4.78, 5) is 14.5. The standard InChI is InChI=1S/C16H23N3O3S/c1-21-14-5-2-4-13(12-14)15(20)18-16(23)17-6-3-7-19-8-10-22-11-9-19/h2,4-5,12H,3,6-11H2,1H3,(H2,17,18,20,23). The molecule has 7 heteroatoms. The van der Waals surface area contributed by atoms with Gasteiger partial charge in [-0.05, 0) is 43.4 Å². The number of nitrogens with zero attached hydrogens (tertiary/aromatic N) is 1. The minimum absolute atomic E-state index is 0.241. The number of carbonyl (C=O) groups is 1. The van der Waals surface area contributed by atoms with Crippen LogP contribution in [-0.4, -0.2) is 62.4 Å². The van der Waals surface area contributed by atoms with E-state index < -0.39 is 0 Å². The van der Waals surface area contributed by atoms with E-state index in [0.717, 1.165) is 45.8 Å². The first-order chi connectivity index (χ1) is 11.2. The molecular weight excluding hydrogens is 314 g/mol. The van der Waals surface area contributed by atoms with E-state index >= 15 is 0 Å². The molecule has 1 aliphatic rings. The number of carbonyl (C=O) groups excluding carboxylic acids is 1. The highest BCUT2D eigenvalue weighted by Crippen LogP contribution is 2.12. The first kappa shape index (κ1) is 17.7. The number of rotatable bonds is 6. The molecular formula is C16H23N3O3S. The van der Waals surface area contributed by atoms with Crippen molar-refractivity contribution in [3.8, 4) is 5.75 Å². The predicted molar refractivity (Wildman–Crippen MR) is 92.9 cm³/mol. The number of ether oxygens (including phenoxy) is 2. The molecule has 0 bridgehead atoms. The third-order valence-electron chi connectivity index (χ3n) is 3.60. The summed E-state index contributed by atoms with van der Waals surface area (Å²) in [5, 5.41) is 6.09. The van der Waals surface area contributed by atoms with Gasteiger partial charge in [-0.2, -0.15) is 0 Å². The van der Waals surface area contributed by atoms with E-state index in [2.05, 4.69) is 15.5 Å². The highest BCUT2D eigenvalue weighted by atomic mass is 32.1. The quantitative estimate of drug-likeness (QED) is 0.597. The van der Waals surface area contributed by atoms with Gasteiger partial charge < -0.3 is 14.8 Å². The summed E-state index contributed by atoms with van der Waals surface area (Å²) in [6, 6.07) is 6.96. The Morgan fingerprint density at radius 1 is 1.39 bits per heavy atom. The third kappa shape index (κ3) is 6.13. The number of benzene rings is 1. The van der Waals surface area contributed by atoms with E-state index in [1.807, 2.05) is 0 Å². The van der Waals surface area contributed by atoms with Crippen LogP contribution in [0.4, 0.5) is 0 Å². The molecule has 1 fully saturated rings. The average molecular weight is 337 g/mol. The Kier molecular flexibility index (Phi) is 7.25. The monoisotopic (exact) mass is 337 g/mol. The summed E-state index contributed by atoms with van der Waals surface area (Å²) in [6.07, 6.45) is 0.967. The Labute approximate surface area is 142 Å². The minimum atomic E-state index is -0.241. The topological polar surface area (TPSA) is 62.8 Å². The van der Waals surface area contributed by atoms with Crippen LogP contribution >= 0.6 is 12.2 Å². The zero-order valence-electron chi connectivity index (χ0n) is 13.3. The summed E-state index contributed by atoms with van der Waals surface area (Å²) in [5.41, 5.74) is 0.516. The van der Waals surface area contributed by atoms with Crippen molar-refractivity contribution in [1.29, 1.82) is 0 Å². The van der Waals surface area contributed by atoms with Crippen LogP contribution in [0.5, 0.6) is 5.75 Å². The van der Waals surface area contributed by atoms with Gasteiger partial charge in [0.25, 0.3) is 5.91 Å². The fourth-order valence-electron chi connectivity index (χ4n) is 2.31. The van der Waals surface area contributed by atoms with Crippen LogP contribution in [0.1, 0.15) is 16.8 Å². The lowest BCUT2D eigenvalue weighted by Gasteiger charge is -2.26. The summed E-state index contributed by atoms with van der Waals surface area (Å²) in [5.74, 6) is 0.400. The summed E-state index contributed by atoms with van der Waals surface area (Å²) in [6.45, 7) is 5.32. The molecule has 1 aromatic rings. The Morgan fingerprint density at radius 3 is 2.91 bits per heavy atom. The maximum Gasteiger partial charge on any atom is 0.257 e. The lowest BCUT2D eigenvalue weighted by Crippen LogP contribution is -2.41. The predicted octanol–water partition coefficient (Wildman–Crippen LogP) is 1.02. The third-order valence-corrected chi connectivity index (χ3v) is 3.85. The van der Waals surface area contributed by atoms with Crippen LogP contribution in [-0.2, 0) is 4.74 Å². The maximum absolute atomic E-state index is 12.1. The molecule has 0 aliphatic carbocycles. The van der Waals surface area contributed by atoms with Crippen LogP contribution in [0.25, 0.3) is 0 Å². The number of hydrogen-bond acceptors (Lipinski definition) is 5. The molecule has 6 nitrogen and oxygen atoms in total. The molecule has 2 N–H and O–H groups in total. The van der Waals surface area contributed by atoms with Crippen molar-refractivity contribution >= 4 is 23.2 Å². The summed E-state index contributed by atoms with van der Waals surface area (Å²) in [7, 11) is 1.57. The van der Waals surface area contributed by atoms with E-state index in [0.29, 0.717) is 16.4 Å². The van der Waals surface area contributed by atoms with Crippen LogP contribution in [0.2, 0.25) is 0 Å². The molecule has 23 heavy (non-hydrogen) atoms. The second kappa shape index (κ2) is 9.44. The van der Waals surface area contributed by atoms with E-state index in [1.165, 1.54) is 0 Å². The Balaban J connectivity index is 1.66. The van der Waals surface area contributed by atoms with Gasteiger partial charge in [0.1, 0.15) is 5.75 Å². The van der Waals surface area contributed by atoms with Crippen molar-refractivity contribution in [2.75, 3.05) is 46.5 Å².